The third-order valence-electron chi connectivity index (χ3n) is 1.69. The van der Waals surface area contributed by atoms with E-state index < -0.39 is 18.8 Å². The van der Waals surface area contributed by atoms with Crippen LogP contribution in [0.4, 0.5) is 13.2 Å². The predicted octanol–water partition coefficient (Wildman–Crippen LogP) is 2.41. The lowest BCUT2D eigenvalue weighted by Gasteiger charge is -2.09. The molecule has 5 heteroatoms. The topological polar surface area (TPSA) is 17.8 Å². The van der Waals surface area contributed by atoms with E-state index in [-0.39, 0.29) is 11.6 Å². The zero-order valence-electron chi connectivity index (χ0n) is 7.47. The molecule has 0 bridgehead atoms. The van der Waals surface area contributed by atoms with Crippen molar-refractivity contribution in [1.29, 1.82) is 0 Å². The fourth-order valence-electron chi connectivity index (χ4n) is 1.22. The molecule has 0 aliphatic heterocycles. The molecule has 0 fully saturated rings. The molecule has 0 saturated heterocycles. The minimum absolute atomic E-state index is 0.138. The molecule has 0 aliphatic carbocycles. The highest BCUT2D eigenvalue weighted by molar-refractivity contribution is 5.08. The second-order valence-corrected chi connectivity index (χ2v) is 3.11. The maximum atomic E-state index is 13.0. The van der Waals surface area contributed by atoms with E-state index in [4.69, 9.17) is 0 Å². The Kier molecular flexibility index (Phi) is 2.95. The molecule has 74 valence electrons. The van der Waals surface area contributed by atoms with Crippen molar-refractivity contribution in [3.8, 4) is 0 Å². The second kappa shape index (κ2) is 3.81. The molecule has 1 rings (SSSR count). The molecule has 0 saturated carbocycles. The zero-order chi connectivity index (χ0) is 10.0. The summed E-state index contributed by atoms with van der Waals surface area (Å²) in [6, 6.07) is 0. The van der Waals surface area contributed by atoms with E-state index in [0.29, 0.717) is 0 Å². The highest BCUT2D eigenvalue weighted by atomic mass is 19.3. The van der Waals surface area contributed by atoms with Gasteiger partial charge in [0.05, 0.1) is 11.9 Å². The molecule has 13 heavy (non-hydrogen) atoms. The predicted molar refractivity (Wildman–Crippen MR) is 42.3 cm³/mol. The highest BCUT2D eigenvalue weighted by Crippen LogP contribution is 2.18. The maximum absolute atomic E-state index is 13.0. The van der Waals surface area contributed by atoms with Gasteiger partial charge >= 0.3 is 0 Å². The van der Waals surface area contributed by atoms with Crippen molar-refractivity contribution in [2.75, 3.05) is 0 Å². The first-order chi connectivity index (χ1) is 6.02. The van der Waals surface area contributed by atoms with Crippen LogP contribution in [-0.4, -0.2) is 16.2 Å². The van der Waals surface area contributed by atoms with E-state index in [9.17, 15) is 13.2 Å². The Labute approximate surface area is 74.4 Å². The average Bonchev–Trinajstić information content (AvgIpc) is 2.30. The smallest absolute Gasteiger partial charge is 0.257 e. The van der Waals surface area contributed by atoms with E-state index in [0.717, 1.165) is 10.9 Å². The molecule has 1 heterocycles. The molecule has 0 aromatic carbocycles. The van der Waals surface area contributed by atoms with Gasteiger partial charge in [-0.2, -0.15) is 5.10 Å². The van der Waals surface area contributed by atoms with Crippen molar-refractivity contribution >= 4 is 0 Å². The van der Waals surface area contributed by atoms with Crippen molar-refractivity contribution in [1.82, 2.24) is 9.78 Å². The number of rotatable bonds is 3. The summed E-state index contributed by atoms with van der Waals surface area (Å²) >= 11 is 0. The number of hydrogen-bond donors (Lipinski definition) is 0. The van der Waals surface area contributed by atoms with Crippen LogP contribution in [0.25, 0.3) is 0 Å². The Morgan fingerprint density at radius 2 is 2.08 bits per heavy atom. The zero-order valence-corrected chi connectivity index (χ0v) is 7.47. The monoisotopic (exact) mass is 192 g/mol. The van der Waals surface area contributed by atoms with E-state index in [1.165, 1.54) is 0 Å². The van der Waals surface area contributed by atoms with Gasteiger partial charge in [0.15, 0.2) is 5.82 Å². The Hall–Kier alpha value is -1.00. The van der Waals surface area contributed by atoms with E-state index in [2.05, 4.69) is 5.10 Å². The Balaban J connectivity index is 2.94. The summed E-state index contributed by atoms with van der Waals surface area (Å²) in [6.07, 6.45) is -1.53. The summed E-state index contributed by atoms with van der Waals surface area (Å²) in [7, 11) is 0. The molecule has 0 amide bonds. The first-order valence-corrected chi connectivity index (χ1v) is 4.01. The van der Waals surface area contributed by atoms with Crippen LogP contribution in [0.15, 0.2) is 6.20 Å². The van der Waals surface area contributed by atoms with E-state index in [1.807, 2.05) is 0 Å². The van der Waals surface area contributed by atoms with Crippen molar-refractivity contribution in [3.63, 3.8) is 0 Å². The molecule has 1 aromatic heterocycles. The van der Waals surface area contributed by atoms with Crippen LogP contribution >= 0.6 is 0 Å². The van der Waals surface area contributed by atoms with Crippen LogP contribution < -0.4 is 0 Å². The van der Waals surface area contributed by atoms with Crippen LogP contribution in [0.5, 0.6) is 0 Å². The van der Waals surface area contributed by atoms with Gasteiger partial charge in [-0.3, -0.25) is 4.68 Å². The van der Waals surface area contributed by atoms with E-state index in [1.54, 1.807) is 13.8 Å². The number of halogens is 3. The van der Waals surface area contributed by atoms with Gasteiger partial charge in [-0.15, -0.1) is 0 Å². The normalized spacial score (nSPS) is 11.6. The van der Waals surface area contributed by atoms with Gasteiger partial charge in [-0.25, -0.2) is 13.2 Å². The van der Waals surface area contributed by atoms with Gasteiger partial charge in [0.1, 0.15) is 6.54 Å². The Bertz CT molecular complexity index is 281. The Morgan fingerprint density at radius 1 is 1.46 bits per heavy atom. The molecule has 0 atom stereocenters. The number of hydrogen-bond acceptors (Lipinski definition) is 1. The highest BCUT2D eigenvalue weighted by Gasteiger charge is 2.16. The SMILES string of the molecule is CC(C)c1c(F)cnn1CC(F)F. The number of aromatic nitrogens is 2. The first-order valence-electron chi connectivity index (χ1n) is 4.01. The maximum Gasteiger partial charge on any atom is 0.257 e. The van der Waals surface area contributed by atoms with Crippen molar-refractivity contribution in [3.05, 3.63) is 17.7 Å². The molecule has 0 unspecified atom stereocenters. The molecule has 2 nitrogen and oxygen atoms in total. The lowest BCUT2D eigenvalue weighted by molar-refractivity contribution is 0.120. The molecule has 0 spiro atoms. The van der Waals surface area contributed by atoms with Crippen LogP contribution in [0.1, 0.15) is 25.5 Å². The Morgan fingerprint density at radius 3 is 2.54 bits per heavy atom. The van der Waals surface area contributed by atoms with Gasteiger partial charge in [0.25, 0.3) is 6.43 Å². The van der Waals surface area contributed by atoms with Gasteiger partial charge in [0.2, 0.25) is 0 Å². The first kappa shape index (κ1) is 10.1. The van der Waals surface area contributed by atoms with Crippen LogP contribution in [0.2, 0.25) is 0 Å². The molecule has 1 aromatic rings. The van der Waals surface area contributed by atoms with E-state index >= 15 is 0 Å². The second-order valence-electron chi connectivity index (χ2n) is 3.11. The van der Waals surface area contributed by atoms with Gasteiger partial charge in [0, 0.05) is 0 Å². The van der Waals surface area contributed by atoms with Crippen LogP contribution in [-0.2, 0) is 6.54 Å². The number of alkyl halides is 2. The summed E-state index contributed by atoms with van der Waals surface area (Å²) in [5, 5.41) is 3.54. The average molecular weight is 192 g/mol. The van der Waals surface area contributed by atoms with Crippen molar-refractivity contribution in [2.24, 2.45) is 0 Å². The molecule has 0 radical (unpaired) electrons. The van der Waals surface area contributed by atoms with Crippen LogP contribution in [0.3, 0.4) is 0 Å². The van der Waals surface area contributed by atoms with Gasteiger partial charge in [-0.05, 0) is 5.92 Å². The largest absolute Gasteiger partial charge is 0.261 e. The standard InChI is InChI=1S/C8H11F3N2/c1-5(2)8-6(9)3-12-13(8)4-7(10)11/h3,5,7H,4H2,1-2H3. The third-order valence-corrected chi connectivity index (χ3v) is 1.69. The third kappa shape index (κ3) is 2.23. The lowest BCUT2D eigenvalue weighted by atomic mass is 10.1. The van der Waals surface area contributed by atoms with Crippen molar-refractivity contribution < 1.29 is 13.2 Å². The fourth-order valence-corrected chi connectivity index (χ4v) is 1.22. The van der Waals surface area contributed by atoms with Gasteiger partial charge < -0.3 is 0 Å². The number of nitrogens with zero attached hydrogens (tertiary/aromatic N) is 2. The van der Waals surface area contributed by atoms with Gasteiger partial charge in [-0.1, -0.05) is 13.8 Å². The van der Waals surface area contributed by atoms with Crippen LogP contribution in [0, 0.1) is 5.82 Å². The minimum Gasteiger partial charge on any atom is -0.261 e. The lowest BCUT2D eigenvalue weighted by Crippen LogP contribution is -2.12. The fraction of sp³-hybridized carbons (Fsp3) is 0.625. The quantitative estimate of drug-likeness (QED) is 0.719. The minimum atomic E-state index is -2.50. The summed E-state index contributed by atoms with van der Waals surface area (Å²) in [5.74, 6) is -0.656. The molecule has 0 aliphatic rings. The summed E-state index contributed by atoms with van der Waals surface area (Å²) in [4.78, 5) is 0. The summed E-state index contributed by atoms with van der Waals surface area (Å²) < 4.78 is 38.0. The molecule has 0 N–H and O–H groups in total. The summed E-state index contributed by atoms with van der Waals surface area (Å²) in [5.41, 5.74) is 0.236. The van der Waals surface area contributed by atoms with Crippen molar-refractivity contribution in [2.45, 2.75) is 32.7 Å². The molecular formula is C8H11F3N2. The summed E-state index contributed by atoms with van der Waals surface area (Å²) in [6.45, 7) is 2.93. The molecular weight excluding hydrogens is 181 g/mol.